The van der Waals surface area contributed by atoms with Crippen LogP contribution in [0.2, 0.25) is 10.0 Å². The number of nitrogens with zero attached hydrogens (tertiary/aromatic N) is 1. The lowest BCUT2D eigenvalue weighted by Gasteiger charge is -2.10. The van der Waals surface area contributed by atoms with Crippen LogP contribution in [0.25, 0.3) is 11.3 Å². The van der Waals surface area contributed by atoms with Crippen molar-refractivity contribution in [2.75, 3.05) is 19.0 Å². The van der Waals surface area contributed by atoms with Gasteiger partial charge < -0.3 is 10.1 Å². The predicted octanol–water partition coefficient (Wildman–Crippen LogP) is 4.50. The van der Waals surface area contributed by atoms with Gasteiger partial charge in [0.2, 0.25) is 0 Å². The monoisotopic (exact) mass is 296 g/mol. The number of halogens is 2. The van der Waals surface area contributed by atoms with Crippen molar-refractivity contribution in [2.45, 2.75) is 6.92 Å². The lowest BCUT2D eigenvalue weighted by molar-refractivity contribution is 0.340. The maximum absolute atomic E-state index is 6.21. The lowest BCUT2D eigenvalue weighted by Crippen LogP contribution is -1.97. The number of nitrogens with one attached hydrogen (secondary N) is 1. The molecule has 0 radical (unpaired) electrons. The van der Waals surface area contributed by atoms with Crippen LogP contribution in [0.3, 0.4) is 0 Å². The van der Waals surface area contributed by atoms with Gasteiger partial charge in [-0.3, -0.25) is 0 Å². The zero-order chi connectivity index (χ0) is 13.8. The second kappa shape index (κ2) is 6.13. The molecule has 1 aromatic carbocycles. The fraction of sp³-hybridized carbons (Fsp3) is 0.214. The normalized spacial score (nSPS) is 10.3. The summed E-state index contributed by atoms with van der Waals surface area (Å²) in [7, 11) is 1.77. The van der Waals surface area contributed by atoms with Crippen molar-refractivity contribution in [3.63, 3.8) is 0 Å². The van der Waals surface area contributed by atoms with E-state index in [0.717, 1.165) is 11.3 Å². The van der Waals surface area contributed by atoms with Crippen molar-refractivity contribution < 1.29 is 4.74 Å². The van der Waals surface area contributed by atoms with E-state index in [1.54, 1.807) is 13.1 Å². The van der Waals surface area contributed by atoms with E-state index in [2.05, 4.69) is 10.3 Å². The van der Waals surface area contributed by atoms with E-state index in [4.69, 9.17) is 27.9 Å². The average molecular weight is 297 g/mol. The molecule has 0 fully saturated rings. The summed E-state index contributed by atoms with van der Waals surface area (Å²) >= 11 is 12.2. The van der Waals surface area contributed by atoms with E-state index < -0.39 is 0 Å². The number of hydrogen-bond acceptors (Lipinski definition) is 3. The van der Waals surface area contributed by atoms with Crippen LogP contribution in [-0.2, 0) is 0 Å². The topological polar surface area (TPSA) is 34.1 Å². The molecular formula is C14H14Cl2N2O. The molecule has 0 unspecified atom stereocenters. The second-order valence-corrected chi connectivity index (χ2v) is 4.67. The van der Waals surface area contributed by atoms with E-state index in [-0.39, 0.29) is 0 Å². The number of hydrogen-bond donors (Lipinski definition) is 1. The van der Waals surface area contributed by atoms with Crippen molar-refractivity contribution in [1.29, 1.82) is 0 Å². The molecule has 2 rings (SSSR count). The molecule has 5 heteroatoms. The third-order valence-corrected chi connectivity index (χ3v) is 3.16. The van der Waals surface area contributed by atoms with Gasteiger partial charge in [-0.1, -0.05) is 35.3 Å². The lowest BCUT2D eigenvalue weighted by atomic mass is 10.1. The summed E-state index contributed by atoms with van der Waals surface area (Å²) in [6.07, 6.45) is 0. The highest BCUT2D eigenvalue weighted by Crippen LogP contribution is 2.33. The Hall–Kier alpha value is -1.45. The molecule has 0 bridgehead atoms. The van der Waals surface area contributed by atoms with Gasteiger partial charge in [0.15, 0.2) is 0 Å². The summed E-state index contributed by atoms with van der Waals surface area (Å²) in [5.74, 6) is 1.39. The quantitative estimate of drug-likeness (QED) is 0.902. The van der Waals surface area contributed by atoms with Gasteiger partial charge in [-0.2, -0.15) is 0 Å². The van der Waals surface area contributed by atoms with Crippen LogP contribution >= 0.6 is 23.2 Å². The number of ether oxygens (including phenoxy) is 1. The standard InChI is InChI=1S/C14H14Cl2N2O/c1-3-19-10-6-4-5-9(7-10)13-11(15)8-12(16)14(17-2)18-13/h4-8H,3H2,1-2H3,(H,17,18). The van der Waals surface area contributed by atoms with Gasteiger partial charge in [-0.25, -0.2) is 4.98 Å². The van der Waals surface area contributed by atoms with Crippen molar-refractivity contribution >= 4 is 29.0 Å². The highest BCUT2D eigenvalue weighted by atomic mass is 35.5. The molecule has 0 saturated heterocycles. The number of rotatable bonds is 4. The molecule has 0 saturated carbocycles. The van der Waals surface area contributed by atoms with Gasteiger partial charge in [0.05, 0.1) is 22.3 Å². The first-order valence-corrected chi connectivity index (χ1v) is 6.68. The zero-order valence-corrected chi connectivity index (χ0v) is 12.2. The van der Waals surface area contributed by atoms with Crippen molar-refractivity contribution in [1.82, 2.24) is 4.98 Å². The summed E-state index contributed by atoms with van der Waals surface area (Å²) in [5.41, 5.74) is 1.57. The number of benzene rings is 1. The Morgan fingerprint density at radius 1 is 1.21 bits per heavy atom. The Morgan fingerprint density at radius 3 is 2.68 bits per heavy atom. The van der Waals surface area contributed by atoms with Gasteiger partial charge in [0.1, 0.15) is 11.6 Å². The van der Waals surface area contributed by atoms with Crippen molar-refractivity contribution in [3.05, 3.63) is 40.4 Å². The Bertz CT molecular complexity index is 588. The molecule has 0 aliphatic heterocycles. The molecule has 0 spiro atoms. The molecule has 0 atom stereocenters. The minimum absolute atomic E-state index is 0.497. The van der Waals surface area contributed by atoms with Crippen LogP contribution in [-0.4, -0.2) is 18.6 Å². The molecule has 1 heterocycles. The summed E-state index contributed by atoms with van der Waals surface area (Å²) in [4.78, 5) is 4.43. The van der Waals surface area contributed by atoms with Crippen LogP contribution < -0.4 is 10.1 Å². The van der Waals surface area contributed by atoms with E-state index in [1.165, 1.54) is 0 Å². The van der Waals surface area contributed by atoms with Crippen LogP contribution in [0.1, 0.15) is 6.92 Å². The van der Waals surface area contributed by atoms with Crippen molar-refractivity contribution in [2.24, 2.45) is 0 Å². The Morgan fingerprint density at radius 2 is 2.00 bits per heavy atom. The molecule has 19 heavy (non-hydrogen) atoms. The van der Waals surface area contributed by atoms with Crippen LogP contribution in [0.5, 0.6) is 5.75 Å². The summed E-state index contributed by atoms with van der Waals surface area (Å²) in [6.45, 7) is 2.56. The molecular weight excluding hydrogens is 283 g/mol. The summed E-state index contributed by atoms with van der Waals surface area (Å²) < 4.78 is 5.48. The maximum atomic E-state index is 6.21. The molecule has 1 N–H and O–H groups in total. The molecule has 3 nitrogen and oxygen atoms in total. The molecule has 2 aromatic rings. The highest BCUT2D eigenvalue weighted by Gasteiger charge is 2.11. The van der Waals surface area contributed by atoms with Crippen LogP contribution in [0, 0.1) is 0 Å². The van der Waals surface area contributed by atoms with E-state index in [0.29, 0.717) is 28.2 Å². The first-order chi connectivity index (χ1) is 9.15. The third kappa shape index (κ3) is 3.11. The maximum Gasteiger partial charge on any atom is 0.145 e. The van der Waals surface area contributed by atoms with Gasteiger partial charge in [-0.15, -0.1) is 0 Å². The molecule has 0 amide bonds. The predicted molar refractivity (Wildman–Crippen MR) is 80.4 cm³/mol. The van der Waals surface area contributed by atoms with E-state index >= 15 is 0 Å². The van der Waals surface area contributed by atoms with Crippen molar-refractivity contribution in [3.8, 4) is 17.0 Å². The fourth-order valence-electron chi connectivity index (χ4n) is 1.74. The Balaban J connectivity index is 2.48. The number of pyridine rings is 1. The highest BCUT2D eigenvalue weighted by molar-refractivity contribution is 6.37. The summed E-state index contributed by atoms with van der Waals surface area (Å²) in [5, 5.41) is 3.95. The molecule has 100 valence electrons. The minimum atomic E-state index is 0.497. The fourth-order valence-corrected chi connectivity index (χ4v) is 2.31. The van der Waals surface area contributed by atoms with Gasteiger partial charge in [0.25, 0.3) is 0 Å². The van der Waals surface area contributed by atoms with Crippen LogP contribution in [0.15, 0.2) is 30.3 Å². The second-order valence-electron chi connectivity index (χ2n) is 3.86. The zero-order valence-electron chi connectivity index (χ0n) is 10.7. The SMILES string of the molecule is CCOc1cccc(-c2nc(NC)c(Cl)cc2Cl)c1. The first-order valence-electron chi connectivity index (χ1n) is 5.92. The number of anilines is 1. The number of aromatic nitrogens is 1. The third-order valence-electron chi connectivity index (χ3n) is 2.58. The summed E-state index contributed by atoms with van der Waals surface area (Å²) in [6, 6.07) is 9.33. The molecule has 0 aliphatic carbocycles. The Kier molecular flexibility index (Phi) is 4.51. The van der Waals surface area contributed by atoms with E-state index in [1.807, 2.05) is 31.2 Å². The largest absolute Gasteiger partial charge is 0.494 e. The van der Waals surface area contributed by atoms with E-state index in [9.17, 15) is 0 Å². The molecule has 0 aliphatic rings. The van der Waals surface area contributed by atoms with Gasteiger partial charge in [0, 0.05) is 12.6 Å². The van der Waals surface area contributed by atoms with Gasteiger partial charge >= 0.3 is 0 Å². The van der Waals surface area contributed by atoms with Crippen LogP contribution in [0.4, 0.5) is 5.82 Å². The minimum Gasteiger partial charge on any atom is -0.494 e. The molecule has 1 aromatic heterocycles. The Labute approximate surface area is 122 Å². The first kappa shape index (κ1) is 14.0. The van der Waals surface area contributed by atoms with Gasteiger partial charge in [-0.05, 0) is 25.1 Å². The smallest absolute Gasteiger partial charge is 0.145 e. The average Bonchev–Trinajstić information content (AvgIpc) is 2.39.